The molecule has 2 aromatic rings. The number of benzene rings is 2. The Morgan fingerprint density at radius 3 is 2.11 bits per heavy atom. The number of rotatable bonds is 12. The Labute approximate surface area is 228 Å². The van der Waals surface area contributed by atoms with Crippen LogP contribution in [0.5, 0.6) is 0 Å². The van der Waals surface area contributed by atoms with Crippen molar-refractivity contribution in [3.8, 4) is 0 Å². The van der Waals surface area contributed by atoms with Crippen LogP contribution in [-0.4, -0.2) is 62.2 Å². The Balaban J connectivity index is 2.58. The molecule has 0 aliphatic heterocycles. The summed E-state index contributed by atoms with van der Waals surface area (Å²) < 4.78 is 42.6. The van der Waals surface area contributed by atoms with Gasteiger partial charge in [0, 0.05) is 42.3 Å². The number of anilines is 1. The lowest BCUT2D eigenvalue weighted by molar-refractivity contribution is -0.140. The van der Waals surface area contributed by atoms with Crippen LogP contribution in [0.1, 0.15) is 39.2 Å². The van der Waals surface area contributed by atoms with E-state index in [1.807, 2.05) is 13.8 Å². The minimum atomic E-state index is -4.28. The van der Waals surface area contributed by atoms with Crippen LogP contribution in [-0.2, 0) is 26.3 Å². The van der Waals surface area contributed by atoms with Gasteiger partial charge in [-0.3, -0.25) is 9.59 Å². The maximum absolute atomic E-state index is 14.7. The second-order valence-corrected chi connectivity index (χ2v) is 11.6. The molecule has 0 unspecified atom stereocenters. The van der Waals surface area contributed by atoms with Gasteiger partial charge in [0.05, 0.1) is 5.69 Å². The average molecular weight is 576 g/mol. The average Bonchev–Trinajstić information content (AvgIpc) is 2.84. The largest absolute Gasteiger partial charge is 0.352 e. The fraction of sp³-hybridized carbons (Fsp3) is 0.440. The maximum atomic E-state index is 14.7. The van der Waals surface area contributed by atoms with Crippen molar-refractivity contribution in [2.75, 3.05) is 24.9 Å². The van der Waals surface area contributed by atoms with Crippen molar-refractivity contribution in [2.24, 2.45) is 0 Å². The lowest BCUT2D eigenvalue weighted by atomic mass is 10.1. The summed E-state index contributed by atoms with van der Waals surface area (Å²) in [6.07, 6.45) is 0.908. The first-order valence-electron chi connectivity index (χ1n) is 11.8. The minimum Gasteiger partial charge on any atom is -0.352 e. The van der Waals surface area contributed by atoms with Crippen LogP contribution >= 0.6 is 23.2 Å². The van der Waals surface area contributed by atoms with Crippen LogP contribution in [0.3, 0.4) is 0 Å². The van der Waals surface area contributed by atoms with Crippen molar-refractivity contribution in [3.63, 3.8) is 0 Å². The molecule has 0 bridgehead atoms. The number of hydrogen-bond acceptors (Lipinski definition) is 4. The Morgan fingerprint density at radius 1 is 1.00 bits per heavy atom. The number of nitrogens with one attached hydrogen (secondary N) is 1. The van der Waals surface area contributed by atoms with E-state index in [0.29, 0.717) is 16.3 Å². The van der Waals surface area contributed by atoms with Crippen molar-refractivity contribution < 1.29 is 22.4 Å². The van der Waals surface area contributed by atoms with Gasteiger partial charge in [-0.2, -0.15) is 12.7 Å². The highest BCUT2D eigenvalue weighted by Gasteiger charge is 2.35. The van der Waals surface area contributed by atoms with E-state index in [9.17, 15) is 22.4 Å². The number of para-hydroxylation sites is 1. The Kier molecular flexibility index (Phi) is 11.2. The number of amides is 2. The summed E-state index contributed by atoms with van der Waals surface area (Å²) in [5.74, 6) is -1.94. The minimum absolute atomic E-state index is 0.147. The van der Waals surface area contributed by atoms with Crippen LogP contribution in [0.2, 0.25) is 10.0 Å². The van der Waals surface area contributed by atoms with Gasteiger partial charge < -0.3 is 10.2 Å². The second-order valence-electron chi connectivity index (χ2n) is 8.71. The van der Waals surface area contributed by atoms with Gasteiger partial charge in [-0.1, -0.05) is 55.2 Å². The molecular formula is C25H33Cl2FN4O4S. The molecule has 0 radical (unpaired) electrons. The molecule has 1 N–H and O–H groups in total. The predicted octanol–water partition coefficient (Wildman–Crippen LogP) is 4.47. The van der Waals surface area contributed by atoms with Crippen molar-refractivity contribution in [3.05, 3.63) is 63.9 Å². The molecule has 0 heterocycles. The maximum Gasteiger partial charge on any atom is 0.304 e. The molecule has 204 valence electrons. The van der Waals surface area contributed by atoms with E-state index in [-0.39, 0.29) is 34.7 Å². The number of carbonyl (C=O) groups excluding carboxylic acids is 2. The van der Waals surface area contributed by atoms with Crippen molar-refractivity contribution in [1.29, 1.82) is 0 Å². The van der Waals surface area contributed by atoms with Crippen LogP contribution < -0.4 is 9.62 Å². The van der Waals surface area contributed by atoms with Gasteiger partial charge in [-0.05, 0) is 44.0 Å². The third kappa shape index (κ3) is 7.56. The third-order valence-corrected chi connectivity index (χ3v) is 8.43. The second kappa shape index (κ2) is 13.4. The first-order chi connectivity index (χ1) is 17.3. The quantitative estimate of drug-likeness (QED) is 0.405. The number of hydrogen-bond donors (Lipinski definition) is 1. The zero-order valence-electron chi connectivity index (χ0n) is 21.5. The molecule has 0 spiro atoms. The molecule has 12 heteroatoms. The summed E-state index contributed by atoms with van der Waals surface area (Å²) >= 11 is 12.7. The first-order valence-corrected chi connectivity index (χ1v) is 14.0. The SMILES string of the molecule is CC[C@H](C(=O)N[C@@H](C)CC)N(Cc1c(Cl)cccc1Cl)C(=O)CN(c1ccccc1F)S(=O)(=O)N(C)C. The summed E-state index contributed by atoms with van der Waals surface area (Å²) in [4.78, 5) is 28.2. The molecule has 8 nitrogen and oxygen atoms in total. The summed E-state index contributed by atoms with van der Waals surface area (Å²) in [6, 6.07) is 9.01. The predicted molar refractivity (Wildman–Crippen MR) is 145 cm³/mol. The molecule has 0 saturated heterocycles. The summed E-state index contributed by atoms with van der Waals surface area (Å²) in [7, 11) is -1.72. The van der Waals surface area contributed by atoms with Crippen molar-refractivity contribution in [1.82, 2.24) is 14.5 Å². The highest BCUT2D eigenvalue weighted by atomic mass is 35.5. The lowest BCUT2D eigenvalue weighted by Crippen LogP contribution is -2.54. The van der Waals surface area contributed by atoms with Crippen LogP contribution in [0.15, 0.2) is 42.5 Å². The Bertz CT molecular complexity index is 1190. The molecule has 2 amide bonds. The summed E-state index contributed by atoms with van der Waals surface area (Å²) in [5.41, 5.74) is 0.110. The van der Waals surface area contributed by atoms with E-state index in [1.165, 1.54) is 37.2 Å². The molecule has 2 rings (SSSR count). The number of carbonyl (C=O) groups is 2. The van der Waals surface area contributed by atoms with Gasteiger partial charge >= 0.3 is 10.2 Å². The normalized spacial score (nSPS) is 13.2. The van der Waals surface area contributed by atoms with Gasteiger partial charge in [0.25, 0.3) is 0 Å². The van der Waals surface area contributed by atoms with Gasteiger partial charge in [0.15, 0.2) is 0 Å². The highest BCUT2D eigenvalue weighted by molar-refractivity contribution is 7.90. The third-order valence-electron chi connectivity index (χ3n) is 5.92. The molecule has 2 aromatic carbocycles. The van der Waals surface area contributed by atoms with E-state index in [0.717, 1.165) is 10.4 Å². The molecule has 0 aliphatic rings. The van der Waals surface area contributed by atoms with Crippen LogP contribution in [0.25, 0.3) is 0 Å². The van der Waals surface area contributed by atoms with Crippen LogP contribution in [0.4, 0.5) is 10.1 Å². The molecule has 37 heavy (non-hydrogen) atoms. The van der Waals surface area contributed by atoms with Crippen LogP contribution in [0, 0.1) is 5.82 Å². The first kappa shape index (κ1) is 30.8. The molecule has 0 saturated carbocycles. The fourth-order valence-corrected chi connectivity index (χ4v) is 5.15. The molecule has 0 aromatic heterocycles. The number of halogens is 3. The lowest BCUT2D eigenvalue weighted by Gasteiger charge is -2.34. The summed E-state index contributed by atoms with van der Waals surface area (Å²) in [5, 5.41) is 3.45. The molecule has 2 atom stereocenters. The van der Waals surface area contributed by atoms with E-state index >= 15 is 0 Å². The zero-order chi connectivity index (χ0) is 27.9. The van der Waals surface area contributed by atoms with Crippen molar-refractivity contribution >= 4 is 50.9 Å². The van der Waals surface area contributed by atoms with Gasteiger partial charge in [0.2, 0.25) is 11.8 Å². The van der Waals surface area contributed by atoms with E-state index in [1.54, 1.807) is 25.1 Å². The smallest absolute Gasteiger partial charge is 0.304 e. The zero-order valence-corrected chi connectivity index (χ0v) is 23.9. The van der Waals surface area contributed by atoms with E-state index < -0.39 is 40.4 Å². The number of nitrogens with zero attached hydrogens (tertiary/aromatic N) is 3. The standard InChI is InChI=1S/C25H33Cl2FN4O4S/c1-6-17(3)29-25(34)22(7-2)31(15-18-19(26)11-10-12-20(18)27)24(33)16-32(37(35,36)30(4)5)23-14-9-8-13-21(23)28/h8-14,17,22H,6-7,15-16H2,1-5H3,(H,29,34)/t17-,22+/m0/s1. The molecule has 0 aliphatic carbocycles. The fourth-order valence-electron chi connectivity index (χ4n) is 3.57. The monoisotopic (exact) mass is 574 g/mol. The van der Waals surface area contributed by atoms with E-state index in [4.69, 9.17) is 23.2 Å². The topological polar surface area (TPSA) is 90.0 Å². The summed E-state index contributed by atoms with van der Waals surface area (Å²) in [6.45, 7) is 4.58. The Morgan fingerprint density at radius 2 is 1.59 bits per heavy atom. The van der Waals surface area contributed by atoms with Gasteiger partial charge in [-0.25, -0.2) is 8.70 Å². The molecule has 0 fully saturated rings. The van der Waals surface area contributed by atoms with Gasteiger partial charge in [0.1, 0.15) is 18.4 Å². The molecular weight excluding hydrogens is 542 g/mol. The highest BCUT2D eigenvalue weighted by Crippen LogP contribution is 2.28. The van der Waals surface area contributed by atoms with Crippen molar-refractivity contribution in [2.45, 2.75) is 52.2 Å². The Hall–Kier alpha value is -2.40. The van der Waals surface area contributed by atoms with Gasteiger partial charge in [-0.15, -0.1) is 0 Å². The van der Waals surface area contributed by atoms with E-state index in [2.05, 4.69) is 5.32 Å².